The maximum atomic E-state index is 13.0. The summed E-state index contributed by atoms with van der Waals surface area (Å²) >= 11 is 0. The number of hydrogen-bond donors (Lipinski definition) is 7. The van der Waals surface area contributed by atoms with Crippen molar-refractivity contribution in [2.75, 3.05) is 24.7 Å². The predicted octanol–water partition coefficient (Wildman–Crippen LogP) is -2.92. The fourth-order valence-electron chi connectivity index (χ4n) is 4.88. The molecule has 3 aliphatic rings. The molecule has 10 atom stereocenters. The maximum Gasteiger partial charge on any atom is 0.472 e. The Bertz CT molecular complexity index is 1760. The van der Waals surface area contributed by atoms with Crippen molar-refractivity contribution in [2.45, 2.75) is 49.1 Å². The molecule has 22 nitrogen and oxygen atoms in total. The second-order valence-electron chi connectivity index (χ2n) is 9.60. The van der Waals surface area contributed by atoms with E-state index in [-0.39, 0.29) is 22.9 Å². The number of aromatic nitrogens is 6. The zero-order chi connectivity index (χ0) is 30.8. The number of phosphoric acid groups is 2. The van der Waals surface area contributed by atoms with Gasteiger partial charge in [-0.2, -0.15) is 9.97 Å². The number of rotatable bonds is 2. The molecule has 0 amide bonds. The number of nitrogens with zero attached hydrogens (tertiary/aromatic N) is 5. The summed E-state index contributed by atoms with van der Waals surface area (Å²) in [5.41, 5.74) is 9.17. The van der Waals surface area contributed by atoms with Crippen LogP contribution in [-0.4, -0.2) is 98.9 Å². The van der Waals surface area contributed by atoms with Gasteiger partial charge in [0.15, 0.2) is 23.6 Å². The van der Waals surface area contributed by atoms with E-state index in [0.29, 0.717) is 0 Å². The lowest BCUT2D eigenvalue weighted by molar-refractivity contribution is -0.0675. The van der Waals surface area contributed by atoms with Gasteiger partial charge in [-0.3, -0.25) is 37.0 Å². The van der Waals surface area contributed by atoms with Crippen molar-refractivity contribution in [3.05, 3.63) is 39.4 Å². The van der Waals surface area contributed by atoms with Gasteiger partial charge < -0.3 is 40.9 Å². The van der Waals surface area contributed by atoms with E-state index in [9.17, 15) is 38.7 Å². The Morgan fingerprint density at radius 3 is 2.02 bits per heavy atom. The van der Waals surface area contributed by atoms with Crippen LogP contribution in [0.25, 0.3) is 11.2 Å². The van der Waals surface area contributed by atoms with Crippen molar-refractivity contribution in [1.82, 2.24) is 29.1 Å². The van der Waals surface area contributed by atoms with Crippen molar-refractivity contribution < 1.29 is 56.7 Å². The number of ether oxygens (including phenoxy) is 2. The Kier molecular flexibility index (Phi) is 7.52. The highest BCUT2D eigenvalue weighted by molar-refractivity contribution is 7.47. The summed E-state index contributed by atoms with van der Waals surface area (Å²) < 4.78 is 59.6. The first-order valence-electron chi connectivity index (χ1n) is 12.3. The minimum absolute atomic E-state index is 0.118. The number of nitrogens with two attached hydrogens (primary N) is 2. The highest BCUT2D eigenvalue weighted by Gasteiger charge is 2.54. The molecule has 0 aliphatic carbocycles. The third kappa shape index (κ3) is 5.64. The average Bonchev–Trinajstić information content (AvgIpc) is 3.56. The van der Waals surface area contributed by atoms with Crippen LogP contribution in [0, 0.1) is 0 Å². The lowest BCUT2D eigenvalue weighted by atomic mass is 10.1. The predicted molar refractivity (Wildman–Crippen MR) is 137 cm³/mol. The van der Waals surface area contributed by atoms with Crippen LogP contribution >= 0.6 is 15.6 Å². The molecule has 4 unspecified atom stereocenters. The number of hydrogen-bond acceptors (Lipinski definition) is 17. The minimum Gasteiger partial charge on any atom is -0.386 e. The number of H-pyrrole nitrogens is 1. The molecule has 0 bridgehead atoms. The number of aromatic amines is 1. The molecule has 3 aliphatic heterocycles. The van der Waals surface area contributed by atoms with E-state index in [1.54, 1.807) is 0 Å². The van der Waals surface area contributed by atoms with Crippen LogP contribution in [0.1, 0.15) is 12.5 Å². The highest BCUT2D eigenvalue weighted by Crippen LogP contribution is 2.53. The van der Waals surface area contributed by atoms with Crippen molar-refractivity contribution in [1.29, 1.82) is 0 Å². The molecule has 24 heteroatoms. The quantitative estimate of drug-likeness (QED) is 0.137. The second-order valence-corrected chi connectivity index (χ2v) is 12.4. The van der Waals surface area contributed by atoms with Crippen molar-refractivity contribution >= 4 is 38.6 Å². The first-order chi connectivity index (χ1) is 20.2. The maximum absolute atomic E-state index is 13.0. The zero-order valence-electron chi connectivity index (χ0n) is 21.4. The molecule has 43 heavy (non-hydrogen) atoms. The van der Waals surface area contributed by atoms with E-state index in [0.717, 1.165) is 21.7 Å². The van der Waals surface area contributed by atoms with Crippen LogP contribution in [0.3, 0.4) is 0 Å². The first kappa shape index (κ1) is 29.9. The minimum atomic E-state index is -5.08. The Labute approximate surface area is 237 Å². The normalized spacial score (nSPS) is 38.7. The number of nitrogens with one attached hydrogen (secondary N) is 1. The molecule has 9 N–H and O–H groups in total. The summed E-state index contributed by atoms with van der Waals surface area (Å²) in [4.78, 5) is 59.1. The molecule has 6 rings (SSSR count). The van der Waals surface area contributed by atoms with Crippen molar-refractivity contribution in [3.8, 4) is 0 Å². The van der Waals surface area contributed by atoms with Crippen LogP contribution in [0.15, 0.2) is 28.2 Å². The summed E-state index contributed by atoms with van der Waals surface area (Å²) in [7, 11) is -10.2. The van der Waals surface area contributed by atoms with Gasteiger partial charge in [-0.15, -0.1) is 0 Å². The number of phosphoric ester groups is 2. The van der Waals surface area contributed by atoms with Gasteiger partial charge in [0.1, 0.15) is 42.4 Å². The molecule has 3 saturated heterocycles. The fraction of sp³-hybridized carbons (Fsp3) is 0.526. The molecule has 0 saturated carbocycles. The van der Waals surface area contributed by atoms with Gasteiger partial charge in [0.25, 0.3) is 5.56 Å². The number of aliphatic hydroxyl groups excluding tert-OH is 2. The summed E-state index contributed by atoms with van der Waals surface area (Å²) in [6.45, 7) is -1.74. The number of nitrogen functional groups attached to an aromatic ring is 2. The monoisotopic (exact) mass is 650 g/mol. The van der Waals surface area contributed by atoms with Crippen LogP contribution < -0.4 is 22.7 Å². The molecule has 3 aromatic rings. The van der Waals surface area contributed by atoms with Gasteiger partial charge in [0.05, 0.1) is 19.5 Å². The third-order valence-corrected chi connectivity index (χ3v) is 8.75. The Morgan fingerprint density at radius 1 is 0.907 bits per heavy atom. The average molecular weight is 650 g/mol. The molecular formula is C19H24N8O14P2. The largest absolute Gasteiger partial charge is 0.472 e. The molecule has 3 fully saturated rings. The smallest absolute Gasteiger partial charge is 0.386 e. The standard InChI is InChI=1S/C19H24N8O14P2/c20-8-1-2-26(19(31)23-8)16-10(28)12-6(38-16)3-36-43(34,35)41-13-7(4-37-42(32,33)40-12)39-17(11(13)29)27-5-22-9-14(27)24-18(21)25-15(9)30/h1-2,5-7,10-13,16-17,28-29H,3-4H2,(H,32,33)(H,34,35)(H2,20,23,31)(H3,21,24,25,30)/t6-,7-,10?,11?,12+,13+,16-,17-/m1/s1. The molecular weight excluding hydrogens is 626 g/mol. The van der Waals surface area contributed by atoms with Gasteiger partial charge in [-0.1, -0.05) is 0 Å². The first-order valence-corrected chi connectivity index (χ1v) is 15.3. The van der Waals surface area contributed by atoms with Crippen molar-refractivity contribution in [3.63, 3.8) is 0 Å². The van der Waals surface area contributed by atoms with E-state index in [1.165, 1.54) is 6.07 Å². The number of anilines is 2. The summed E-state index contributed by atoms with van der Waals surface area (Å²) in [5.74, 6) is -0.405. The van der Waals surface area contributed by atoms with Crippen LogP contribution in [0.2, 0.25) is 0 Å². The highest BCUT2D eigenvalue weighted by atomic mass is 31.2. The van der Waals surface area contributed by atoms with E-state index in [2.05, 4.69) is 19.9 Å². The Hall–Kier alpha value is -3.11. The van der Waals surface area contributed by atoms with Crippen LogP contribution in [0.4, 0.5) is 11.8 Å². The van der Waals surface area contributed by atoms with Gasteiger partial charge in [-0.25, -0.2) is 18.9 Å². The molecule has 3 aromatic heterocycles. The molecule has 0 spiro atoms. The summed E-state index contributed by atoms with van der Waals surface area (Å²) in [6.07, 6.45) is -10.9. The van der Waals surface area contributed by atoms with E-state index >= 15 is 0 Å². The molecule has 0 aromatic carbocycles. The molecule has 234 valence electrons. The summed E-state index contributed by atoms with van der Waals surface area (Å²) in [5, 5.41) is 21.9. The Morgan fingerprint density at radius 2 is 1.47 bits per heavy atom. The van der Waals surface area contributed by atoms with E-state index < -0.39 is 89.2 Å². The van der Waals surface area contributed by atoms with Crippen LogP contribution in [0.5, 0.6) is 0 Å². The second kappa shape index (κ2) is 10.8. The van der Waals surface area contributed by atoms with E-state index in [1.807, 2.05) is 0 Å². The Balaban J connectivity index is 1.28. The fourth-order valence-corrected chi connectivity index (χ4v) is 6.81. The lowest BCUT2D eigenvalue weighted by Gasteiger charge is -2.27. The van der Waals surface area contributed by atoms with Crippen molar-refractivity contribution in [2.24, 2.45) is 0 Å². The molecule has 6 heterocycles. The summed E-state index contributed by atoms with van der Waals surface area (Å²) in [6, 6.07) is 1.22. The number of fused-ring (bicyclic) bond motifs is 3. The third-order valence-electron chi connectivity index (χ3n) is 6.78. The van der Waals surface area contributed by atoms with Gasteiger partial charge in [0.2, 0.25) is 5.95 Å². The number of aliphatic hydroxyl groups is 2. The zero-order valence-corrected chi connectivity index (χ0v) is 23.2. The van der Waals surface area contributed by atoms with Gasteiger partial charge in [0, 0.05) is 6.20 Å². The van der Waals surface area contributed by atoms with Crippen LogP contribution in [-0.2, 0) is 36.7 Å². The molecule has 0 radical (unpaired) electrons. The number of imidazole rings is 1. The van der Waals surface area contributed by atoms with E-state index in [4.69, 9.17) is 39.0 Å². The van der Waals surface area contributed by atoms with Gasteiger partial charge >= 0.3 is 21.3 Å². The topological polar surface area (TPSA) is 321 Å². The SMILES string of the molecule is Nc1ccn([C@@H]2O[C@@H]3COP(=O)(O)O[C@@H]4C(O)[C@H](n5cnc6c(=O)[nH]c(N)nc65)O[C@@H]4COP(=O)(O)O[C@@H]3C2O)c(=O)n1. The van der Waals surface area contributed by atoms with Gasteiger partial charge in [-0.05, 0) is 6.07 Å². The lowest BCUT2D eigenvalue weighted by Crippen LogP contribution is -2.39.